The van der Waals surface area contributed by atoms with Gasteiger partial charge in [0, 0.05) is 32.8 Å². The minimum Gasteiger partial charge on any atom is -0.397 e. The quantitative estimate of drug-likeness (QED) is 0.489. The van der Waals surface area contributed by atoms with Gasteiger partial charge in [-0.15, -0.1) is 0 Å². The molecule has 1 aromatic carbocycles. The first-order valence-corrected chi connectivity index (χ1v) is 5.85. The number of hydrogen-bond donors (Lipinski definition) is 1. The van der Waals surface area contributed by atoms with E-state index in [1.165, 1.54) is 17.0 Å². The van der Waals surface area contributed by atoms with Crippen molar-refractivity contribution in [3.8, 4) is 0 Å². The van der Waals surface area contributed by atoms with Crippen molar-refractivity contribution in [2.24, 2.45) is 0 Å². The highest BCUT2D eigenvalue weighted by Gasteiger charge is 2.16. The molecule has 0 saturated heterocycles. The number of anilines is 2. The Morgan fingerprint density at radius 3 is 2.47 bits per heavy atom. The summed E-state index contributed by atoms with van der Waals surface area (Å²) in [6.45, 7) is 2.66. The van der Waals surface area contributed by atoms with Crippen molar-refractivity contribution in [3.63, 3.8) is 0 Å². The molecule has 0 aromatic heterocycles. The van der Waals surface area contributed by atoms with Gasteiger partial charge in [-0.2, -0.15) is 0 Å². The van der Waals surface area contributed by atoms with Gasteiger partial charge in [0.05, 0.1) is 22.8 Å². The van der Waals surface area contributed by atoms with E-state index < -0.39 is 4.92 Å². The van der Waals surface area contributed by atoms with Crippen LogP contribution in [0.4, 0.5) is 17.1 Å². The van der Waals surface area contributed by atoms with E-state index in [1.54, 1.807) is 25.1 Å². The second kappa shape index (κ2) is 6.03. The smallest absolute Gasteiger partial charge is 0.271 e. The van der Waals surface area contributed by atoms with Gasteiger partial charge >= 0.3 is 0 Å². The number of benzene rings is 1. The van der Waals surface area contributed by atoms with Crippen LogP contribution in [0.2, 0.25) is 0 Å². The molecule has 0 saturated carbocycles. The van der Waals surface area contributed by atoms with Crippen LogP contribution < -0.4 is 10.6 Å². The van der Waals surface area contributed by atoms with Crippen LogP contribution in [0.3, 0.4) is 0 Å². The largest absolute Gasteiger partial charge is 0.397 e. The standard InChI is InChI=1S/C12H18N4O3/c1-4-15(8-12(17)14(2)3)11-6-5-9(16(18)19)7-10(11)13/h5-7H,4,8,13H2,1-3H3. The Morgan fingerprint density at radius 1 is 1.42 bits per heavy atom. The molecule has 0 bridgehead atoms. The number of nitrogens with two attached hydrogens (primary N) is 1. The Morgan fingerprint density at radius 2 is 2.05 bits per heavy atom. The molecular weight excluding hydrogens is 248 g/mol. The second-order valence-corrected chi connectivity index (χ2v) is 4.30. The van der Waals surface area contributed by atoms with E-state index in [0.29, 0.717) is 17.9 Å². The molecule has 0 unspecified atom stereocenters. The molecule has 1 aromatic rings. The molecule has 0 aliphatic rings. The fourth-order valence-electron chi connectivity index (χ4n) is 1.62. The van der Waals surface area contributed by atoms with E-state index in [1.807, 2.05) is 6.92 Å². The van der Waals surface area contributed by atoms with Crippen molar-refractivity contribution in [1.29, 1.82) is 0 Å². The summed E-state index contributed by atoms with van der Waals surface area (Å²) in [6, 6.07) is 4.26. The SMILES string of the molecule is CCN(CC(=O)N(C)C)c1ccc([N+](=O)[O-])cc1N. The van der Waals surface area contributed by atoms with E-state index >= 15 is 0 Å². The van der Waals surface area contributed by atoms with Gasteiger partial charge in [-0.1, -0.05) is 0 Å². The Hall–Kier alpha value is -2.31. The molecule has 2 N–H and O–H groups in total. The first-order chi connectivity index (χ1) is 8.86. The Bertz CT molecular complexity index is 488. The highest BCUT2D eigenvalue weighted by atomic mass is 16.6. The third-order valence-corrected chi connectivity index (χ3v) is 2.77. The van der Waals surface area contributed by atoms with Crippen molar-refractivity contribution < 1.29 is 9.72 Å². The summed E-state index contributed by atoms with van der Waals surface area (Å²) in [4.78, 5) is 25.1. The highest BCUT2D eigenvalue weighted by Crippen LogP contribution is 2.27. The number of rotatable bonds is 5. The average molecular weight is 266 g/mol. The molecule has 0 heterocycles. The zero-order valence-corrected chi connectivity index (χ0v) is 11.3. The predicted octanol–water partition coefficient (Wildman–Crippen LogP) is 1.09. The van der Waals surface area contributed by atoms with Gasteiger partial charge in [0.1, 0.15) is 0 Å². The van der Waals surface area contributed by atoms with Gasteiger partial charge in [-0.05, 0) is 13.0 Å². The first-order valence-electron chi connectivity index (χ1n) is 5.85. The van der Waals surface area contributed by atoms with Crippen LogP contribution in [0.5, 0.6) is 0 Å². The van der Waals surface area contributed by atoms with Crippen molar-refractivity contribution in [1.82, 2.24) is 4.90 Å². The number of nitro benzene ring substituents is 1. The fourth-order valence-corrected chi connectivity index (χ4v) is 1.62. The van der Waals surface area contributed by atoms with Crippen molar-refractivity contribution in [3.05, 3.63) is 28.3 Å². The molecule has 7 nitrogen and oxygen atoms in total. The molecule has 104 valence electrons. The highest BCUT2D eigenvalue weighted by molar-refractivity contribution is 5.83. The maximum atomic E-state index is 11.7. The zero-order valence-electron chi connectivity index (χ0n) is 11.3. The lowest BCUT2D eigenvalue weighted by molar-refractivity contribution is -0.384. The molecule has 0 radical (unpaired) electrons. The second-order valence-electron chi connectivity index (χ2n) is 4.30. The molecule has 0 spiro atoms. The minimum atomic E-state index is -0.499. The third-order valence-electron chi connectivity index (χ3n) is 2.77. The van der Waals surface area contributed by atoms with Gasteiger partial charge in [0.2, 0.25) is 5.91 Å². The Balaban J connectivity index is 2.99. The number of hydrogen-bond acceptors (Lipinski definition) is 5. The van der Waals surface area contributed by atoms with E-state index in [2.05, 4.69) is 0 Å². The van der Waals surface area contributed by atoms with E-state index in [9.17, 15) is 14.9 Å². The summed E-state index contributed by atoms with van der Waals surface area (Å²) in [5.41, 5.74) is 6.68. The van der Waals surface area contributed by atoms with Crippen molar-refractivity contribution in [2.45, 2.75) is 6.92 Å². The topological polar surface area (TPSA) is 92.7 Å². The van der Waals surface area contributed by atoms with Crippen molar-refractivity contribution in [2.75, 3.05) is 37.8 Å². The van der Waals surface area contributed by atoms with Crippen LogP contribution in [-0.2, 0) is 4.79 Å². The summed E-state index contributed by atoms with van der Waals surface area (Å²) in [7, 11) is 3.35. The van der Waals surface area contributed by atoms with Crippen LogP contribution in [0.1, 0.15) is 6.92 Å². The van der Waals surface area contributed by atoms with Gasteiger partial charge in [-0.3, -0.25) is 14.9 Å². The summed E-state index contributed by atoms with van der Waals surface area (Å²) in [5.74, 6) is -0.0559. The number of carbonyl (C=O) groups excluding carboxylic acids is 1. The van der Waals surface area contributed by atoms with Crippen LogP contribution >= 0.6 is 0 Å². The van der Waals surface area contributed by atoms with Crippen LogP contribution in [0.25, 0.3) is 0 Å². The van der Waals surface area contributed by atoms with E-state index in [4.69, 9.17) is 5.73 Å². The maximum Gasteiger partial charge on any atom is 0.271 e. The number of nitro groups is 1. The molecule has 0 fully saturated rings. The lowest BCUT2D eigenvalue weighted by Gasteiger charge is -2.25. The molecule has 0 aliphatic heterocycles. The molecule has 0 aliphatic carbocycles. The molecule has 1 rings (SSSR count). The summed E-state index contributed by atoms with van der Waals surface area (Å²) in [5, 5.41) is 10.6. The number of nitrogen functional groups attached to an aromatic ring is 1. The first kappa shape index (κ1) is 14.7. The number of nitrogens with zero attached hydrogens (tertiary/aromatic N) is 3. The molecule has 7 heteroatoms. The number of carbonyl (C=O) groups is 1. The Labute approximate surface area is 111 Å². The molecule has 19 heavy (non-hydrogen) atoms. The minimum absolute atomic E-state index is 0.0559. The molecule has 1 amide bonds. The third kappa shape index (κ3) is 3.57. The number of likely N-dealkylation sites (N-methyl/N-ethyl adjacent to an activating group) is 2. The monoisotopic (exact) mass is 266 g/mol. The Kier molecular flexibility index (Phi) is 4.68. The number of non-ortho nitro benzene ring substituents is 1. The summed E-state index contributed by atoms with van der Waals surface area (Å²) < 4.78 is 0. The zero-order chi connectivity index (χ0) is 14.6. The van der Waals surface area contributed by atoms with Gasteiger partial charge < -0.3 is 15.5 Å². The lowest BCUT2D eigenvalue weighted by atomic mass is 10.2. The normalized spacial score (nSPS) is 10.1. The van der Waals surface area contributed by atoms with Crippen LogP contribution in [-0.4, -0.2) is 42.9 Å². The van der Waals surface area contributed by atoms with Crippen LogP contribution in [0.15, 0.2) is 18.2 Å². The fraction of sp³-hybridized carbons (Fsp3) is 0.417. The summed E-state index contributed by atoms with van der Waals surface area (Å²) in [6.07, 6.45) is 0. The van der Waals surface area contributed by atoms with Gasteiger partial charge in [-0.25, -0.2) is 0 Å². The molecular formula is C12H18N4O3. The molecule has 0 atom stereocenters. The van der Waals surface area contributed by atoms with Gasteiger partial charge in [0.25, 0.3) is 5.69 Å². The van der Waals surface area contributed by atoms with E-state index in [-0.39, 0.29) is 18.1 Å². The summed E-state index contributed by atoms with van der Waals surface area (Å²) >= 11 is 0. The van der Waals surface area contributed by atoms with E-state index in [0.717, 1.165) is 0 Å². The van der Waals surface area contributed by atoms with Gasteiger partial charge in [0.15, 0.2) is 0 Å². The number of amides is 1. The lowest BCUT2D eigenvalue weighted by Crippen LogP contribution is -2.36. The maximum absolute atomic E-state index is 11.7. The van der Waals surface area contributed by atoms with Crippen LogP contribution in [0, 0.1) is 10.1 Å². The average Bonchev–Trinajstić information content (AvgIpc) is 2.35. The predicted molar refractivity (Wildman–Crippen MR) is 74.1 cm³/mol. The van der Waals surface area contributed by atoms with Crippen molar-refractivity contribution >= 4 is 23.0 Å².